The van der Waals surface area contributed by atoms with Crippen molar-refractivity contribution in [2.24, 2.45) is 10.8 Å². The van der Waals surface area contributed by atoms with E-state index in [1.165, 1.54) is 136 Å². The van der Waals surface area contributed by atoms with E-state index in [-0.39, 0.29) is 24.8 Å². The van der Waals surface area contributed by atoms with Gasteiger partial charge in [0, 0.05) is 0 Å². The Morgan fingerprint density at radius 2 is 0.897 bits per heavy atom. The normalized spacial score (nSPS) is 20.9. The topological polar surface area (TPSA) is 0 Å². The molecule has 2 fully saturated rings. The molecule has 2 unspecified atom stereocenters. The Balaban J connectivity index is 0.00000283. The maximum Gasteiger partial charge on any atom is -0.147 e. The van der Waals surface area contributed by atoms with Gasteiger partial charge in [-0.15, -0.1) is 24.8 Å². The van der Waals surface area contributed by atoms with E-state index in [2.05, 4.69) is 141 Å². The fourth-order valence-corrected chi connectivity index (χ4v) is 32.9. The predicted molar refractivity (Wildman–Crippen MR) is 260 cm³/mol. The molecule has 0 amide bonds. The molecule has 0 nitrogen and oxygen atoms in total. The van der Waals surface area contributed by atoms with Crippen LogP contribution in [0, 0.1) is 24.7 Å². The first-order valence-corrected chi connectivity index (χ1v) is 36.5. The molecule has 4 aliphatic rings. The van der Waals surface area contributed by atoms with Crippen molar-refractivity contribution in [3.8, 4) is 22.3 Å². The zero-order valence-electron chi connectivity index (χ0n) is 36.7. The van der Waals surface area contributed by atoms with E-state index >= 15 is 0 Å². The third-order valence-corrected chi connectivity index (χ3v) is 33.0. The quantitative estimate of drug-likeness (QED) is 0.124. The molecule has 4 aromatic rings. The summed E-state index contributed by atoms with van der Waals surface area (Å²) in [6, 6.07) is 33.6. The van der Waals surface area contributed by atoms with Gasteiger partial charge in [-0.1, -0.05) is 0 Å². The van der Waals surface area contributed by atoms with Crippen LogP contribution in [0.3, 0.4) is 0 Å². The monoisotopic (exact) mass is 908 g/mol. The Morgan fingerprint density at radius 1 is 0.534 bits per heavy atom. The molecule has 8 rings (SSSR count). The predicted octanol–water partition coefficient (Wildman–Crippen LogP) is 16.7. The molecule has 0 aliphatic heterocycles. The van der Waals surface area contributed by atoms with Gasteiger partial charge in [0.2, 0.25) is 0 Å². The van der Waals surface area contributed by atoms with E-state index in [1.54, 1.807) is 22.3 Å². The Morgan fingerprint density at radius 3 is 1.24 bits per heavy atom. The van der Waals surface area contributed by atoms with Crippen LogP contribution in [0.15, 0.2) is 96.1 Å². The summed E-state index contributed by atoms with van der Waals surface area (Å²) in [5.41, 5.74) is 19.2. The van der Waals surface area contributed by atoms with Gasteiger partial charge in [-0.05, 0) is 0 Å². The minimum atomic E-state index is -3.94. The molecule has 58 heavy (non-hydrogen) atoms. The minimum Gasteiger partial charge on any atom is -0.147 e. The summed E-state index contributed by atoms with van der Waals surface area (Å²) in [5, 5.41) is 0. The molecule has 4 aliphatic carbocycles. The van der Waals surface area contributed by atoms with Crippen LogP contribution in [-0.2, 0) is 17.4 Å². The fraction of sp³-hybridized carbons (Fsp3) is 0.481. The minimum absolute atomic E-state index is 0. The zero-order valence-corrected chi connectivity index (χ0v) is 42.2. The van der Waals surface area contributed by atoms with E-state index in [1.807, 2.05) is 11.1 Å². The van der Waals surface area contributed by atoms with E-state index in [9.17, 15) is 0 Å². The fourth-order valence-electron chi connectivity index (χ4n) is 13.2. The van der Waals surface area contributed by atoms with Crippen LogP contribution < -0.4 is 0 Å². The summed E-state index contributed by atoms with van der Waals surface area (Å²) in [6.07, 6.45) is 27.6. The van der Waals surface area contributed by atoms with Crippen LogP contribution >= 0.6 is 24.8 Å². The van der Waals surface area contributed by atoms with Crippen LogP contribution in [0.25, 0.3) is 34.4 Å². The summed E-state index contributed by atoms with van der Waals surface area (Å²) in [7, 11) is 0. The number of hydrogen-bond donors (Lipinski definition) is 0. The first-order chi connectivity index (χ1) is 26.9. The maximum absolute atomic E-state index is 3.94. The first kappa shape index (κ1) is 45.6. The molecule has 2 saturated carbocycles. The van der Waals surface area contributed by atoms with Crippen LogP contribution in [-0.4, -0.2) is 6.88 Å². The van der Waals surface area contributed by atoms with Gasteiger partial charge in [0.25, 0.3) is 0 Å². The number of hydrogen-bond acceptors (Lipinski definition) is 0. The van der Waals surface area contributed by atoms with Crippen molar-refractivity contribution in [3.63, 3.8) is 0 Å². The Labute approximate surface area is 367 Å². The summed E-state index contributed by atoms with van der Waals surface area (Å²) >= 11 is -3.94. The van der Waals surface area contributed by atoms with Gasteiger partial charge in [-0.3, -0.25) is 0 Å². The molecule has 0 spiro atoms. The third kappa shape index (κ3) is 8.72. The second kappa shape index (κ2) is 18.2. The largest absolute Gasteiger partial charge is 0.147 e. The van der Waals surface area contributed by atoms with Gasteiger partial charge in [-0.2, -0.15) is 0 Å². The average Bonchev–Trinajstić information content (AvgIpc) is 3.75. The van der Waals surface area contributed by atoms with Crippen LogP contribution in [0.5, 0.6) is 0 Å². The standard InChI is InChI=1S/2C26H31.2CH3.2ClH.H2Si.Zr/c2*1-3-14-26(15-5-4-6-16-26)19-21-17-23-8-7-9-24(25(23)18-21)22-12-10-20(2)11-13-22;;;;;;/h2*7-13,17-18H,3-6,14-16,19H2,1-2H3;2*1H3;2*1H;1H2;. The van der Waals surface area contributed by atoms with Crippen molar-refractivity contribution in [2.45, 2.75) is 147 Å². The molecule has 4 heteroatoms. The molecule has 0 saturated heterocycles. The molecule has 2 atom stereocenters. The van der Waals surface area contributed by atoms with Crippen molar-refractivity contribution in [2.75, 3.05) is 0 Å². The van der Waals surface area contributed by atoms with E-state index < -0.39 is 17.4 Å². The van der Waals surface area contributed by atoms with Gasteiger partial charge in [0.15, 0.2) is 0 Å². The molecule has 0 aromatic heterocycles. The molecule has 0 N–H and O–H groups in total. The number of rotatable bonds is 12. The van der Waals surface area contributed by atoms with Gasteiger partial charge in [0.1, 0.15) is 0 Å². The van der Waals surface area contributed by atoms with Crippen molar-refractivity contribution in [3.05, 3.63) is 129 Å². The van der Waals surface area contributed by atoms with Crippen molar-refractivity contribution >= 4 is 43.8 Å². The molecule has 0 heterocycles. The molecule has 0 radical (unpaired) electrons. The third-order valence-electron chi connectivity index (χ3n) is 15.5. The number of aryl methyl sites for hydroxylation is 2. The summed E-state index contributed by atoms with van der Waals surface area (Å²) < 4.78 is 6.95. The van der Waals surface area contributed by atoms with Crippen LogP contribution in [0.4, 0.5) is 0 Å². The Kier molecular flexibility index (Phi) is 14.3. The maximum atomic E-state index is 2.93. The summed E-state index contributed by atoms with van der Waals surface area (Å²) in [5.74, 6) is 0. The van der Waals surface area contributed by atoms with Gasteiger partial charge in [0.05, 0.1) is 0 Å². The summed E-state index contributed by atoms with van der Waals surface area (Å²) in [4.78, 5) is 0. The van der Waals surface area contributed by atoms with Gasteiger partial charge in [-0.25, -0.2) is 0 Å². The number of benzene rings is 4. The molecular formula is C54H72Cl2SiZr. The molecule has 4 aromatic carbocycles. The second-order valence-electron chi connectivity index (χ2n) is 20.6. The Hall–Kier alpha value is -1.96. The average molecular weight is 911 g/mol. The van der Waals surface area contributed by atoms with Gasteiger partial charge < -0.3 is 0 Å². The van der Waals surface area contributed by atoms with Gasteiger partial charge >= 0.3 is 346 Å². The number of fused-ring (bicyclic) bond motifs is 2. The van der Waals surface area contributed by atoms with Crippen LogP contribution in [0.1, 0.15) is 157 Å². The van der Waals surface area contributed by atoms with E-state index in [4.69, 9.17) is 0 Å². The molecular weight excluding hydrogens is 839 g/mol. The first-order valence-electron chi connectivity index (χ1n) is 22.8. The van der Waals surface area contributed by atoms with E-state index in [0.29, 0.717) is 18.1 Å². The van der Waals surface area contributed by atoms with Crippen molar-refractivity contribution < 1.29 is 17.4 Å². The van der Waals surface area contributed by atoms with Crippen molar-refractivity contribution in [1.82, 2.24) is 0 Å². The molecule has 310 valence electrons. The zero-order chi connectivity index (χ0) is 39.2. The van der Waals surface area contributed by atoms with Crippen molar-refractivity contribution in [1.29, 1.82) is 0 Å². The molecule has 0 bridgehead atoms. The smallest absolute Gasteiger partial charge is 0.147 e. The Bertz CT molecular complexity index is 2030. The van der Waals surface area contributed by atoms with E-state index in [0.717, 1.165) is 0 Å². The number of allylic oxidation sites excluding steroid dienone is 2. The summed E-state index contributed by atoms with van der Waals surface area (Å²) in [6.45, 7) is 11.9. The van der Waals surface area contributed by atoms with Crippen LogP contribution in [0.2, 0.25) is 9.26 Å². The SMILES string of the molecule is CCCC1(CC2=Cc3c(-c4ccc(C)cc4)cccc3[CH]2[Zr]([CH3])([CH3])(=[SiH2])[CH]2C(CC3(CCC)CCCCC3)=Cc3c(-c4ccc(C)cc4)cccc32)CCCCC1.Cl.Cl. The number of halogens is 2. The second-order valence-corrected chi connectivity index (χ2v) is 51.0.